The summed E-state index contributed by atoms with van der Waals surface area (Å²) in [6.45, 7) is 1.57. The van der Waals surface area contributed by atoms with Crippen LogP contribution in [-0.2, 0) is 16.5 Å². The molecule has 1 N–H and O–H groups in total. The van der Waals surface area contributed by atoms with Crippen molar-refractivity contribution < 1.29 is 16.0 Å². The van der Waals surface area contributed by atoms with Crippen molar-refractivity contribution in [2.75, 3.05) is 6.61 Å². The van der Waals surface area contributed by atoms with E-state index in [0.717, 1.165) is 11.2 Å². The lowest BCUT2D eigenvalue weighted by Gasteiger charge is -2.26. The molecule has 4 unspecified atom stereocenters. The molecule has 0 bridgehead atoms. The zero-order valence-corrected chi connectivity index (χ0v) is 16.2. The van der Waals surface area contributed by atoms with Crippen molar-refractivity contribution in [3.8, 4) is 6.07 Å². The average Bonchev–Trinajstić information content (AvgIpc) is 3.14. The van der Waals surface area contributed by atoms with Crippen LogP contribution < -0.4 is 0 Å². The van der Waals surface area contributed by atoms with Crippen molar-refractivity contribution in [1.82, 2.24) is 14.6 Å². The number of hydrogen-bond acceptors (Lipinski definition) is 7. The number of rotatable bonds is 4. The maximum atomic E-state index is 9.89. The van der Waals surface area contributed by atoms with Gasteiger partial charge in [0, 0.05) is 0 Å². The molecule has 1 saturated heterocycles. The van der Waals surface area contributed by atoms with E-state index in [1.165, 1.54) is 6.33 Å². The van der Waals surface area contributed by atoms with Gasteiger partial charge < -0.3 is 16.0 Å². The number of nitrogens with zero attached hydrogens (tertiary/aromatic N) is 4. The van der Waals surface area contributed by atoms with E-state index in [0.29, 0.717) is 5.69 Å². The first kappa shape index (κ1) is 17.2. The number of ether oxygens (including phenoxy) is 1. The van der Waals surface area contributed by atoms with Gasteiger partial charge in [-0.1, -0.05) is 0 Å². The highest BCUT2D eigenvalue weighted by atomic mass is 127. The highest BCUT2D eigenvalue weighted by molar-refractivity contribution is 14.1. The van der Waals surface area contributed by atoms with Gasteiger partial charge in [-0.25, -0.2) is 9.50 Å². The summed E-state index contributed by atoms with van der Waals surface area (Å²) in [5.41, 5.74) is 0.617. The minimum atomic E-state index is -1.45. The Balaban J connectivity index is 2.20. The van der Waals surface area contributed by atoms with Gasteiger partial charge in [-0.2, -0.15) is 10.4 Å². The van der Waals surface area contributed by atoms with Crippen molar-refractivity contribution in [1.29, 1.82) is 5.26 Å². The summed E-state index contributed by atoms with van der Waals surface area (Å²) in [7, 11) is 0. The van der Waals surface area contributed by atoms with Crippen molar-refractivity contribution in [2.24, 2.45) is 0 Å². The molecule has 0 radical (unpaired) electrons. The van der Waals surface area contributed by atoms with Crippen LogP contribution in [0.3, 0.4) is 0 Å². The van der Waals surface area contributed by atoms with E-state index in [1.54, 1.807) is 56.6 Å². The third kappa shape index (κ3) is 2.53. The van der Waals surface area contributed by atoms with Gasteiger partial charge in [0.2, 0.25) is 5.60 Å². The van der Waals surface area contributed by atoms with E-state index < -0.39 is 23.9 Å². The second kappa shape index (κ2) is 6.73. The molecule has 3 rings (SSSR count). The Labute approximate surface area is 160 Å². The number of hydrogen-bond donors (Lipinski definition) is 1. The van der Waals surface area contributed by atoms with Gasteiger partial charge in [0.05, 0.1) is 23.5 Å². The first-order valence-electron chi connectivity index (χ1n) is 6.67. The number of nitriles is 1. The van der Waals surface area contributed by atoms with Crippen molar-refractivity contribution in [3.05, 3.63) is 29.8 Å². The lowest BCUT2D eigenvalue weighted by atomic mass is 9.92. The fourth-order valence-corrected chi connectivity index (χ4v) is 4.09. The van der Waals surface area contributed by atoms with Crippen LogP contribution in [0.5, 0.6) is 0 Å². The third-order valence-corrected chi connectivity index (χ3v) is 5.11. The molecule has 0 aromatic carbocycles. The quantitative estimate of drug-likeness (QED) is 0.587. The Hall–Kier alpha value is -0.590. The fourth-order valence-electron chi connectivity index (χ4n) is 2.85. The molecule has 8 nitrogen and oxygen atoms in total. The van der Waals surface area contributed by atoms with E-state index in [2.05, 4.69) is 16.2 Å². The first-order chi connectivity index (χ1) is 11.1. The normalized spacial score (nSPS) is 30.7. The Bertz CT molecular complexity index is 764. The average molecular weight is 542 g/mol. The standard InChI is InChI=1S/C13H12I2N4O4/c1-7-8-2-3-10(19(8)18-6-17-7)13(5-16)12(23-15)11(22-14)9(4-20)21-13/h2-3,6,9,11-12,20H,4H2,1H3. The Morgan fingerprint density at radius 3 is 2.87 bits per heavy atom. The zero-order valence-electron chi connectivity index (χ0n) is 11.9. The van der Waals surface area contributed by atoms with Crippen LogP contribution in [0.4, 0.5) is 0 Å². The van der Waals surface area contributed by atoms with Crippen LogP contribution >= 0.6 is 46.0 Å². The molecule has 4 atom stereocenters. The second-order valence-electron chi connectivity index (χ2n) is 5.11. The summed E-state index contributed by atoms with van der Waals surface area (Å²) in [4.78, 5) is 4.14. The SMILES string of the molecule is Cc1ncnn2c(C3(C#N)OC(CO)C(OI)C3OI)ccc12. The van der Waals surface area contributed by atoms with Crippen LogP contribution in [0, 0.1) is 18.3 Å². The maximum absolute atomic E-state index is 9.89. The van der Waals surface area contributed by atoms with E-state index in [-0.39, 0.29) is 6.61 Å². The summed E-state index contributed by atoms with van der Waals surface area (Å²) in [5, 5.41) is 23.7. The lowest BCUT2D eigenvalue weighted by molar-refractivity contribution is -0.0552. The number of aliphatic hydroxyl groups excluding tert-OH is 1. The lowest BCUT2D eigenvalue weighted by Crippen LogP contribution is -2.41. The number of fused-ring (bicyclic) bond motifs is 1. The molecule has 0 amide bonds. The molecular weight excluding hydrogens is 530 g/mol. The van der Waals surface area contributed by atoms with Crippen LogP contribution in [-0.4, -0.2) is 44.6 Å². The van der Waals surface area contributed by atoms with E-state index >= 15 is 0 Å². The second-order valence-corrected chi connectivity index (χ2v) is 6.13. The molecule has 1 aliphatic rings. The summed E-state index contributed by atoms with van der Waals surface area (Å²) in [6, 6.07) is 5.77. The van der Waals surface area contributed by atoms with Gasteiger partial charge in [0.25, 0.3) is 0 Å². The molecular formula is C13H12I2N4O4. The van der Waals surface area contributed by atoms with Gasteiger partial charge in [-0.3, -0.25) is 0 Å². The number of aryl methyl sites for hydroxylation is 1. The highest BCUT2D eigenvalue weighted by Gasteiger charge is 2.60. The number of aromatic nitrogens is 3. The van der Waals surface area contributed by atoms with Gasteiger partial charge in [-0.05, 0) is 19.1 Å². The van der Waals surface area contributed by atoms with Crippen LogP contribution in [0.25, 0.3) is 5.52 Å². The van der Waals surface area contributed by atoms with E-state index in [4.69, 9.17) is 10.9 Å². The highest BCUT2D eigenvalue weighted by Crippen LogP contribution is 2.44. The van der Waals surface area contributed by atoms with Crippen LogP contribution in [0.2, 0.25) is 0 Å². The maximum Gasteiger partial charge on any atom is 0.226 e. The minimum absolute atomic E-state index is 0.287. The summed E-state index contributed by atoms with van der Waals surface area (Å²) in [6.07, 6.45) is -0.581. The molecule has 1 fully saturated rings. The Morgan fingerprint density at radius 2 is 2.26 bits per heavy atom. The van der Waals surface area contributed by atoms with Crippen molar-refractivity contribution in [2.45, 2.75) is 30.8 Å². The zero-order chi connectivity index (χ0) is 16.6. The molecule has 23 heavy (non-hydrogen) atoms. The number of halogens is 2. The minimum Gasteiger partial charge on any atom is -0.394 e. The first-order valence-corrected chi connectivity index (χ1v) is 8.43. The van der Waals surface area contributed by atoms with Crippen LogP contribution in [0.1, 0.15) is 11.4 Å². The van der Waals surface area contributed by atoms with Gasteiger partial charge in [0.1, 0.15) is 76.7 Å². The Kier molecular flexibility index (Phi) is 5.04. The number of aliphatic hydroxyl groups is 1. The third-order valence-electron chi connectivity index (χ3n) is 3.97. The topological polar surface area (TPSA) is 102 Å². The van der Waals surface area contributed by atoms with Gasteiger partial charge in [0.15, 0.2) is 0 Å². The molecule has 3 heterocycles. The molecule has 1 aliphatic heterocycles. The fraction of sp³-hybridized carbons (Fsp3) is 0.462. The van der Waals surface area contributed by atoms with Gasteiger partial charge >= 0.3 is 0 Å². The van der Waals surface area contributed by atoms with E-state index in [1.807, 2.05) is 13.0 Å². The molecule has 122 valence electrons. The summed E-state index contributed by atoms with van der Waals surface area (Å²) >= 11 is 3.44. The summed E-state index contributed by atoms with van der Waals surface area (Å²) in [5.74, 6) is 0. The van der Waals surface area contributed by atoms with Gasteiger partial charge in [-0.15, -0.1) is 0 Å². The monoisotopic (exact) mass is 542 g/mol. The van der Waals surface area contributed by atoms with Crippen molar-refractivity contribution >= 4 is 51.5 Å². The van der Waals surface area contributed by atoms with E-state index in [9.17, 15) is 10.4 Å². The summed E-state index contributed by atoms with van der Waals surface area (Å²) < 4.78 is 18.4. The smallest absolute Gasteiger partial charge is 0.226 e. The molecule has 0 spiro atoms. The molecule has 0 saturated carbocycles. The largest absolute Gasteiger partial charge is 0.394 e. The predicted octanol–water partition coefficient (Wildman–Crippen LogP) is 1.62. The molecule has 2 aromatic heterocycles. The Morgan fingerprint density at radius 1 is 1.48 bits per heavy atom. The predicted molar refractivity (Wildman–Crippen MR) is 94.8 cm³/mol. The van der Waals surface area contributed by atoms with Crippen LogP contribution in [0.15, 0.2) is 18.5 Å². The molecule has 0 aliphatic carbocycles. The molecule has 10 heteroatoms. The molecule has 2 aromatic rings. The van der Waals surface area contributed by atoms with Crippen molar-refractivity contribution in [3.63, 3.8) is 0 Å².